The van der Waals surface area contributed by atoms with Crippen LogP contribution in [0.1, 0.15) is 27.6 Å². The highest BCUT2D eigenvalue weighted by Gasteiger charge is 2.21. The normalized spacial score (nSPS) is 12.5. The molecule has 23 heavy (non-hydrogen) atoms. The Morgan fingerprint density at radius 1 is 1.09 bits per heavy atom. The van der Waals surface area contributed by atoms with Gasteiger partial charge in [0.15, 0.2) is 0 Å². The number of ether oxygens (including phenoxy) is 2. The fourth-order valence-electron chi connectivity index (χ4n) is 1.65. The summed E-state index contributed by atoms with van der Waals surface area (Å²) in [5.41, 5.74) is -0.116. The molecule has 0 heterocycles. The second-order valence-corrected chi connectivity index (χ2v) is 6.54. The smallest absolute Gasteiger partial charge is 0.337 e. The van der Waals surface area contributed by atoms with E-state index in [4.69, 9.17) is 0 Å². The van der Waals surface area contributed by atoms with Crippen molar-refractivity contribution < 1.29 is 27.5 Å². The first kappa shape index (κ1) is 19.1. The molecule has 0 saturated heterocycles. The molecule has 2 N–H and O–H groups in total. The summed E-state index contributed by atoms with van der Waals surface area (Å²) in [6.45, 7) is 1.95. The van der Waals surface area contributed by atoms with Crippen LogP contribution in [0.15, 0.2) is 23.1 Å². The van der Waals surface area contributed by atoms with Gasteiger partial charge in [-0.25, -0.2) is 22.7 Å². The number of methoxy groups -OCH3 is 2. The Bertz CT molecular complexity index is 652. The highest BCUT2D eigenvalue weighted by Crippen LogP contribution is 2.17. The Balaban J connectivity index is 3.28. The minimum atomic E-state index is -3.90. The summed E-state index contributed by atoms with van der Waals surface area (Å²) in [5, 5.41) is 2.89. The Morgan fingerprint density at radius 2 is 1.57 bits per heavy atom. The Kier molecular flexibility index (Phi) is 6.67. The Morgan fingerprint density at radius 3 is 1.96 bits per heavy atom. The Labute approximate surface area is 135 Å². The molecule has 1 unspecified atom stereocenters. The largest absolute Gasteiger partial charge is 0.465 e. The van der Waals surface area contributed by atoms with Crippen LogP contribution >= 0.6 is 0 Å². The number of sulfonamides is 1. The number of nitrogens with one attached hydrogen (secondary N) is 2. The SMILES string of the molecule is CNC(C)CNS(=O)(=O)c1cc(C(=O)OC)cc(C(=O)OC)c1. The lowest BCUT2D eigenvalue weighted by Crippen LogP contribution is -2.37. The summed E-state index contributed by atoms with van der Waals surface area (Å²) in [4.78, 5) is 23.1. The van der Waals surface area contributed by atoms with Crippen molar-refractivity contribution >= 4 is 22.0 Å². The topological polar surface area (TPSA) is 111 Å². The molecule has 128 valence electrons. The van der Waals surface area contributed by atoms with Gasteiger partial charge in [-0.05, 0) is 32.2 Å². The van der Waals surface area contributed by atoms with E-state index in [0.717, 1.165) is 26.4 Å². The molecule has 0 aliphatic heterocycles. The van der Waals surface area contributed by atoms with Crippen LogP contribution < -0.4 is 10.0 Å². The van der Waals surface area contributed by atoms with Gasteiger partial charge in [0.05, 0.1) is 30.2 Å². The molecular formula is C14H20N2O6S. The summed E-state index contributed by atoms with van der Waals surface area (Å²) < 4.78 is 36.2. The van der Waals surface area contributed by atoms with E-state index in [-0.39, 0.29) is 28.6 Å². The molecule has 0 amide bonds. The van der Waals surface area contributed by atoms with Gasteiger partial charge in [-0.1, -0.05) is 0 Å². The zero-order valence-electron chi connectivity index (χ0n) is 13.4. The van der Waals surface area contributed by atoms with Crippen molar-refractivity contribution in [1.29, 1.82) is 0 Å². The molecule has 0 aromatic heterocycles. The number of hydrogen-bond acceptors (Lipinski definition) is 7. The van der Waals surface area contributed by atoms with E-state index >= 15 is 0 Å². The molecular weight excluding hydrogens is 324 g/mol. The van der Waals surface area contributed by atoms with Crippen LogP contribution in [-0.2, 0) is 19.5 Å². The van der Waals surface area contributed by atoms with Crippen molar-refractivity contribution in [2.75, 3.05) is 27.8 Å². The maximum Gasteiger partial charge on any atom is 0.337 e. The van der Waals surface area contributed by atoms with Crippen LogP contribution in [0.4, 0.5) is 0 Å². The molecule has 0 saturated carbocycles. The van der Waals surface area contributed by atoms with Gasteiger partial charge in [0, 0.05) is 12.6 Å². The number of carbonyl (C=O) groups excluding carboxylic acids is 2. The zero-order valence-corrected chi connectivity index (χ0v) is 14.2. The summed E-state index contributed by atoms with van der Waals surface area (Å²) in [7, 11) is 0.123. The molecule has 0 spiro atoms. The lowest BCUT2D eigenvalue weighted by Gasteiger charge is -2.13. The van der Waals surface area contributed by atoms with Gasteiger partial charge >= 0.3 is 11.9 Å². The predicted octanol–water partition coefficient (Wildman–Crippen LogP) is 0.146. The van der Waals surface area contributed by atoms with E-state index in [1.54, 1.807) is 14.0 Å². The zero-order chi connectivity index (χ0) is 17.6. The first-order valence-electron chi connectivity index (χ1n) is 6.73. The number of hydrogen-bond donors (Lipinski definition) is 2. The fraction of sp³-hybridized carbons (Fsp3) is 0.429. The first-order chi connectivity index (χ1) is 10.7. The van der Waals surface area contributed by atoms with Crippen LogP contribution in [0, 0.1) is 0 Å². The molecule has 1 aromatic carbocycles. The van der Waals surface area contributed by atoms with Gasteiger partial charge in [-0.15, -0.1) is 0 Å². The van der Waals surface area contributed by atoms with Gasteiger partial charge in [0.2, 0.25) is 10.0 Å². The van der Waals surface area contributed by atoms with Gasteiger partial charge in [-0.2, -0.15) is 0 Å². The van der Waals surface area contributed by atoms with Crippen molar-refractivity contribution in [2.24, 2.45) is 0 Å². The van der Waals surface area contributed by atoms with E-state index < -0.39 is 22.0 Å². The second-order valence-electron chi connectivity index (χ2n) is 4.77. The van der Waals surface area contributed by atoms with Crippen LogP contribution in [0.2, 0.25) is 0 Å². The van der Waals surface area contributed by atoms with Crippen molar-refractivity contribution in [3.05, 3.63) is 29.3 Å². The minimum absolute atomic E-state index is 0.0579. The van der Waals surface area contributed by atoms with E-state index in [0.29, 0.717) is 0 Å². The third-order valence-corrected chi connectivity index (χ3v) is 4.53. The highest BCUT2D eigenvalue weighted by atomic mass is 32.2. The molecule has 9 heteroatoms. The lowest BCUT2D eigenvalue weighted by atomic mass is 10.1. The molecule has 0 radical (unpaired) electrons. The fourth-order valence-corrected chi connectivity index (χ4v) is 2.85. The monoisotopic (exact) mass is 344 g/mol. The van der Waals surface area contributed by atoms with Gasteiger partial charge in [0.25, 0.3) is 0 Å². The van der Waals surface area contributed by atoms with Crippen molar-refractivity contribution in [3.63, 3.8) is 0 Å². The molecule has 1 rings (SSSR count). The quantitative estimate of drug-likeness (QED) is 0.677. The van der Waals surface area contributed by atoms with Crippen LogP contribution in [0.25, 0.3) is 0 Å². The molecule has 8 nitrogen and oxygen atoms in total. The van der Waals surface area contributed by atoms with E-state index in [9.17, 15) is 18.0 Å². The van der Waals surface area contributed by atoms with E-state index in [1.807, 2.05) is 0 Å². The van der Waals surface area contributed by atoms with E-state index in [1.165, 1.54) is 6.07 Å². The molecule has 0 fully saturated rings. The third-order valence-electron chi connectivity index (χ3n) is 3.13. The first-order valence-corrected chi connectivity index (χ1v) is 8.22. The lowest BCUT2D eigenvalue weighted by molar-refractivity contribution is 0.0598. The number of esters is 2. The molecule has 0 bridgehead atoms. The van der Waals surface area contributed by atoms with Crippen LogP contribution in [-0.4, -0.2) is 54.2 Å². The number of likely N-dealkylation sites (N-methyl/N-ethyl adjacent to an activating group) is 1. The molecule has 0 aliphatic rings. The maximum absolute atomic E-state index is 12.3. The summed E-state index contributed by atoms with van der Waals surface area (Å²) in [5.74, 6) is -1.51. The maximum atomic E-state index is 12.3. The Hall–Kier alpha value is -1.97. The van der Waals surface area contributed by atoms with Gasteiger partial charge in [-0.3, -0.25) is 0 Å². The average molecular weight is 344 g/mol. The van der Waals surface area contributed by atoms with Crippen LogP contribution in [0.5, 0.6) is 0 Å². The van der Waals surface area contributed by atoms with Crippen LogP contribution in [0.3, 0.4) is 0 Å². The minimum Gasteiger partial charge on any atom is -0.465 e. The average Bonchev–Trinajstić information content (AvgIpc) is 2.57. The van der Waals surface area contributed by atoms with Crippen molar-refractivity contribution in [3.8, 4) is 0 Å². The number of carbonyl (C=O) groups is 2. The highest BCUT2D eigenvalue weighted by molar-refractivity contribution is 7.89. The second kappa shape index (κ2) is 8.04. The standard InChI is InChI=1S/C14H20N2O6S/c1-9(15-2)8-16-23(19,20)12-6-10(13(17)21-3)5-11(7-12)14(18)22-4/h5-7,9,15-16H,8H2,1-4H3. The molecule has 1 atom stereocenters. The molecule has 1 aromatic rings. The van der Waals surface area contributed by atoms with Crippen molar-refractivity contribution in [1.82, 2.24) is 10.0 Å². The summed E-state index contributed by atoms with van der Waals surface area (Å²) in [6, 6.07) is 3.41. The van der Waals surface area contributed by atoms with Gasteiger partial charge in [0.1, 0.15) is 0 Å². The molecule has 0 aliphatic carbocycles. The summed E-state index contributed by atoms with van der Waals surface area (Å²) in [6.07, 6.45) is 0. The third kappa shape index (κ3) is 5.02. The summed E-state index contributed by atoms with van der Waals surface area (Å²) >= 11 is 0. The van der Waals surface area contributed by atoms with Crippen molar-refractivity contribution in [2.45, 2.75) is 17.9 Å². The predicted molar refractivity (Wildman–Crippen MR) is 82.8 cm³/mol. The number of rotatable bonds is 7. The number of benzene rings is 1. The van der Waals surface area contributed by atoms with E-state index in [2.05, 4.69) is 19.5 Å². The van der Waals surface area contributed by atoms with Gasteiger partial charge < -0.3 is 14.8 Å².